The number of carbonyl (C=O) groups excluding carboxylic acids is 1. The van der Waals surface area contributed by atoms with Crippen LogP contribution in [0.15, 0.2) is 64.8 Å². The van der Waals surface area contributed by atoms with Crippen molar-refractivity contribution in [3.8, 4) is 17.6 Å². The molecule has 0 bridgehead atoms. The monoisotopic (exact) mass is 428 g/mol. The molecule has 0 radical (unpaired) electrons. The molecule has 0 saturated heterocycles. The normalized spacial score (nSPS) is 12.7. The summed E-state index contributed by atoms with van der Waals surface area (Å²) >= 11 is 0. The SMILES string of the molecule is COc1ccc(/C=C(\C#N)C(=O)NCc2ccco2)cc1COc1ccc2c(c1)CCC2. The highest BCUT2D eigenvalue weighted by molar-refractivity contribution is 6.01. The number of benzene rings is 2. The van der Waals surface area contributed by atoms with E-state index in [1.165, 1.54) is 23.8 Å². The zero-order chi connectivity index (χ0) is 22.3. The molecule has 0 aliphatic heterocycles. The Morgan fingerprint density at radius 3 is 2.84 bits per heavy atom. The molecule has 0 atom stereocenters. The molecule has 0 fully saturated rings. The molecular weight excluding hydrogens is 404 g/mol. The number of nitriles is 1. The topological polar surface area (TPSA) is 84.5 Å². The van der Waals surface area contributed by atoms with Crippen LogP contribution in [0.25, 0.3) is 6.08 Å². The van der Waals surface area contributed by atoms with Crippen LogP contribution in [-0.2, 0) is 30.8 Å². The number of ether oxygens (including phenoxy) is 2. The molecule has 2 aromatic carbocycles. The Morgan fingerprint density at radius 1 is 1.19 bits per heavy atom. The van der Waals surface area contributed by atoms with Gasteiger partial charge in [0.05, 0.1) is 19.9 Å². The first-order chi connectivity index (χ1) is 15.7. The zero-order valence-corrected chi connectivity index (χ0v) is 17.9. The molecule has 1 aliphatic carbocycles. The number of nitrogens with zero attached hydrogens (tertiary/aromatic N) is 1. The average Bonchev–Trinajstić information content (AvgIpc) is 3.51. The third kappa shape index (κ3) is 5.01. The Bertz CT molecular complexity index is 1170. The lowest BCUT2D eigenvalue weighted by atomic mass is 10.1. The van der Waals surface area contributed by atoms with E-state index in [1.54, 1.807) is 31.4 Å². The number of carbonyl (C=O) groups is 1. The van der Waals surface area contributed by atoms with Crippen molar-refractivity contribution in [3.63, 3.8) is 0 Å². The first-order valence-corrected chi connectivity index (χ1v) is 10.5. The number of aryl methyl sites for hydroxylation is 2. The largest absolute Gasteiger partial charge is 0.496 e. The molecule has 162 valence electrons. The fourth-order valence-electron chi connectivity index (χ4n) is 3.79. The highest BCUT2D eigenvalue weighted by atomic mass is 16.5. The lowest BCUT2D eigenvalue weighted by Crippen LogP contribution is -2.23. The Hall–Kier alpha value is -3.98. The van der Waals surface area contributed by atoms with E-state index in [2.05, 4.69) is 17.4 Å². The molecule has 0 spiro atoms. The molecule has 1 aliphatic rings. The summed E-state index contributed by atoms with van der Waals surface area (Å²) in [6.45, 7) is 0.531. The summed E-state index contributed by atoms with van der Waals surface area (Å²) in [6, 6.07) is 17.2. The number of hydrogen-bond donors (Lipinski definition) is 1. The standard InChI is InChI=1S/C26H24N2O4/c1-30-25-10-7-18(12-21(15-27)26(29)28-16-24-6-3-11-31-24)13-22(25)17-32-23-9-8-19-4-2-5-20(19)14-23/h3,6-14H,2,4-5,16-17H2,1H3,(H,28,29)/b21-12+. The predicted molar refractivity (Wildman–Crippen MR) is 120 cm³/mol. The van der Waals surface area contributed by atoms with Gasteiger partial charge in [-0.1, -0.05) is 12.1 Å². The lowest BCUT2D eigenvalue weighted by molar-refractivity contribution is -0.117. The van der Waals surface area contributed by atoms with Gasteiger partial charge in [0.1, 0.15) is 35.5 Å². The second kappa shape index (κ2) is 9.88. The van der Waals surface area contributed by atoms with Crippen LogP contribution in [0, 0.1) is 11.3 Å². The van der Waals surface area contributed by atoms with Gasteiger partial charge in [-0.15, -0.1) is 0 Å². The predicted octanol–water partition coefficient (Wildman–Crippen LogP) is 4.58. The molecule has 6 nitrogen and oxygen atoms in total. The molecular formula is C26H24N2O4. The van der Waals surface area contributed by atoms with Crippen molar-refractivity contribution in [2.75, 3.05) is 7.11 Å². The minimum absolute atomic E-state index is 0.00668. The first-order valence-electron chi connectivity index (χ1n) is 10.5. The summed E-state index contributed by atoms with van der Waals surface area (Å²) in [5.41, 5.74) is 4.30. The van der Waals surface area contributed by atoms with Gasteiger partial charge in [-0.05, 0) is 78.4 Å². The van der Waals surface area contributed by atoms with E-state index < -0.39 is 5.91 Å². The van der Waals surface area contributed by atoms with E-state index in [-0.39, 0.29) is 12.1 Å². The summed E-state index contributed by atoms with van der Waals surface area (Å²) in [5, 5.41) is 12.1. The minimum Gasteiger partial charge on any atom is -0.496 e. The lowest BCUT2D eigenvalue weighted by Gasteiger charge is -2.12. The number of fused-ring (bicyclic) bond motifs is 1. The van der Waals surface area contributed by atoms with Gasteiger partial charge in [-0.3, -0.25) is 4.79 Å². The number of amides is 1. The molecule has 3 aromatic rings. The van der Waals surface area contributed by atoms with Crippen LogP contribution < -0.4 is 14.8 Å². The molecule has 1 N–H and O–H groups in total. The maximum atomic E-state index is 12.4. The van der Waals surface area contributed by atoms with E-state index in [0.717, 1.165) is 24.2 Å². The zero-order valence-electron chi connectivity index (χ0n) is 17.9. The fraction of sp³-hybridized carbons (Fsp3) is 0.231. The number of furan rings is 1. The molecule has 1 heterocycles. The van der Waals surface area contributed by atoms with Gasteiger partial charge in [0.2, 0.25) is 0 Å². The molecule has 0 saturated carbocycles. The molecule has 4 rings (SSSR count). The van der Waals surface area contributed by atoms with Crippen LogP contribution in [0.2, 0.25) is 0 Å². The van der Waals surface area contributed by atoms with Gasteiger partial charge < -0.3 is 19.2 Å². The minimum atomic E-state index is -0.462. The average molecular weight is 428 g/mol. The van der Waals surface area contributed by atoms with Crippen molar-refractivity contribution in [2.45, 2.75) is 32.4 Å². The van der Waals surface area contributed by atoms with Crippen molar-refractivity contribution in [2.24, 2.45) is 0 Å². The number of rotatable bonds is 8. The Morgan fingerprint density at radius 2 is 2.06 bits per heavy atom. The van der Waals surface area contributed by atoms with Crippen molar-refractivity contribution >= 4 is 12.0 Å². The smallest absolute Gasteiger partial charge is 0.262 e. The second-order valence-corrected chi connectivity index (χ2v) is 7.58. The molecule has 0 unspecified atom stereocenters. The summed E-state index contributed by atoms with van der Waals surface area (Å²) in [7, 11) is 1.60. The quantitative estimate of drug-likeness (QED) is 0.419. The highest BCUT2D eigenvalue weighted by Crippen LogP contribution is 2.28. The van der Waals surface area contributed by atoms with Gasteiger partial charge in [0.25, 0.3) is 5.91 Å². The maximum Gasteiger partial charge on any atom is 0.262 e. The van der Waals surface area contributed by atoms with Crippen LogP contribution in [0.5, 0.6) is 11.5 Å². The Balaban J connectivity index is 1.47. The van der Waals surface area contributed by atoms with Crippen molar-refractivity contribution < 1.29 is 18.7 Å². The van der Waals surface area contributed by atoms with Crippen LogP contribution in [0.1, 0.15) is 34.4 Å². The number of nitrogens with one attached hydrogen (secondary N) is 1. The Labute approximate surface area is 187 Å². The van der Waals surface area contributed by atoms with E-state index in [4.69, 9.17) is 13.9 Å². The second-order valence-electron chi connectivity index (χ2n) is 7.58. The summed E-state index contributed by atoms with van der Waals surface area (Å²) in [4.78, 5) is 12.4. The molecule has 6 heteroatoms. The van der Waals surface area contributed by atoms with Gasteiger partial charge in [0, 0.05) is 5.56 Å². The van der Waals surface area contributed by atoms with Crippen LogP contribution in [-0.4, -0.2) is 13.0 Å². The van der Waals surface area contributed by atoms with E-state index in [1.807, 2.05) is 24.3 Å². The van der Waals surface area contributed by atoms with Crippen molar-refractivity contribution in [3.05, 3.63) is 88.4 Å². The van der Waals surface area contributed by atoms with Gasteiger partial charge in [-0.25, -0.2) is 0 Å². The molecule has 32 heavy (non-hydrogen) atoms. The van der Waals surface area contributed by atoms with E-state index in [9.17, 15) is 10.1 Å². The summed E-state index contributed by atoms with van der Waals surface area (Å²) in [6.07, 6.45) is 6.50. The van der Waals surface area contributed by atoms with Crippen LogP contribution in [0.3, 0.4) is 0 Å². The van der Waals surface area contributed by atoms with E-state index >= 15 is 0 Å². The third-order valence-corrected chi connectivity index (χ3v) is 5.45. The van der Waals surface area contributed by atoms with Crippen molar-refractivity contribution in [1.29, 1.82) is 5.26 Å². The van der Waals surface area contributed by atoms with Gasteiger partial charge in [0.15, 0.2) is 0 Å². The van der Waals surface area contributed by atoms with Crippen LogP contribution >= 0.6 is 0 Å². The van der Waals surface area contributed by atoms with Crippen LogP contribution in [0.4, 0.5) is 0 Å². The molecule has 1 aromatic heterocycles. The van der Waals surface area contributed by atoms with E-state index in [0.29, 0.717) is 23.7 Å². The van der Waals surface area contributed by atoms with Crippen molar-refractivity contribution in [1.82, 2.24) is 5.32 Å². The first kappa shape index (κ1) is 21.3. The van der Waals surface area contributed by atoms with Gasteiger partial charge in [-0.2, -0.15) is 5.26 Å². The maximum absolute atomic E-state index is 12.4. The highest BCUT2D eigenvalue weighted by Gasteiger charge is 2.13. The number of methoxy groups -OCH3 is 1. The summed E-state index contributed by atoms with van der Waals surface area (Å²) < 4.78 is 16.7. The van der Waals surface area contributed by atoms with Gasteiger partial charge >= 0.3 is 0 Å². The summed E-state index contributed by atoms with van der Waals surface area (Å²) in [5.74, 6) is 1.66. The third-order valence-electron chi connectivity index (χ3n) is 5.45. The number of hydrogen-bond acceptors (Lipinski definition) is 5. The molecule has 1 amide bonds. The fourth-order valence-corrected chi connectivity index (χ4v) is 3.79. The Kier molecular flexibility index (Phi) is 6.57.